The summed E-state index contributed by atoms with van der Waals surface area (Å²) in [7, 11) is 0. The summed E-state index contributed by atoms with van der Waals surface area (Å²) in [5.41, 5.74) is 5.21. The van der Waals surface area contributed by atoms with E-state index in [0.29, 0.717) is 0 Å². The lowest BCUT2D eigenvalue weighted by Gasteiger charge is -2.07. The summed E-state index contributed by atoms with van der Waals surface area (Å²) >= 11 is 3.75. The zero-order valence-corrected chi connectivity index (χ0v) is 7.08. The number of esters is 1. The van der Waals surface area contributed by atoms with Gasteiger partial charge in [0.1, 0.15) is 6.04 Å². The van der Waals surface area contributed by atoms with E-state index in [9.17, 15) is 9.59 Å². The molecule has 12 heavy (non-hydrogen) atoms. The molecule has 7 heteroatoms. The second-order valence-electron chi connectivity index (χ2n) is 1.88. The van der Waals surface area contributed by atoms with E-state index in [2.05, 4.69) is 17.4 Å². The SMILES string of the molecule is N[C@@H](CS)C(=O)OCNC(=O)O. The van der Waals surface area contributed by atoms with Gasteiger partial charge in [-0.25, -0.2) is 4.79 Å². The van der Waals surface area contributed by atoms with Crippen molar-refractivity contribution in [1.29, 1.82) is 0 Å². The third-order valence-corrected chi connectivity index (χ3v) is 1.33. The minimum atomic E-state index is -1.26. The van der Waals surface area contributed by atoms with Crippen LogP contribution >= 0.6 is 12.6 Å². The lowest BCUT2D eigenvalue weighted by molar-refractivity contribution is -0.145. The molecule has 0 aromatic heterocycles. The zero-order valence-electron chi connectivity index (χ0n) is 6.19. The van der Waals surface area contributed by atoms with Crippen LogP contribution in [-0.2, 0) is 9.53 Å². The highest BCUT2D eigenvalue weighted by Crippen LogP contribution is 1.87. The van der Waals surface area contributed by atoms with E-state index in [1.807, 2.05) is 5.32 Å². The first-order valence-electron chi connectivity index (χ1n) is 3.07. The number of thiol groups is 1. The molecule has 1 amide bonds. The van der Waals surface area contributed by atoms with Crippen LogP contribution in [0.15, 0.2) is 0 Å². The predicted molar refractivity (Wildman–Crippen MR) is 43.9 cm³/mol. The first-order valence-corrected chi connectivity index (χ1v) is 3.71. The van der Waals surface area contributed by atoms with Crippen molar-refractivity contribution in [2.45, 2.75) is 6.04 Å². The monoisotopic (exact) mass is 194 g/mol. The van der Waals surface area contributed by atoms with E-state index in [4.69, 9.17) is 10.8 Å². The molecular formula is C5H10N2O4S. The molecule has 0 unspecified atom stereocenters. The van der Waals surface area contributed by atoms with Crippen molar-refractivity contribution in [2.24, 2.45) is 5.73 Å². The number of amides is 1. The number of nitrogens with one attached hydrogen (secondary N) is 1. The molecule has 0 rings (SSSR count). The Morgan fingerprint density at radius 1 is 1.67 bits per heavy atom. The summed E-state index contributed by atoms with van der Waals surface area (Å²) in [6, 6.07) is -0.816. The molecule has 70 valence electrons. The van der Waals surface area contributed by atoms with Gasteiger partial charge >= 0.3 is 12.1 Å². The van der Waals surface area contributed by atoms with Crippen LogP contribution in [-0.4, -0.2) is 35.7 Å². The Bertz CT molecular complexity index is 175. The van der Waals surface area contributed by atoms with Crippen LogP contribution < -0.4 is 11.1 Å². The van der Waals surface area contributed by atoms with E-state index in [1.54, 1.807) is 0 Å². The van der Waals surface area contributed by atoms with Gasteiger partial charge in [-0.15, -0.1) is 0 Å². The van der Waals surface area contributed by atoms with Crippen LogP contribution in [0.2, 0.25) is 0 Å². The van der Waals surface area contributed by atoms with Crippen molar-refractivity contribution in [3.8, 4) is 0 Å². The first kappa shape index (κ1) is 11.1. The average Bonchev–Trinajstić information content (AvgIpc) is 2.02. The van der Waals surface area contributed by atoms with E-state index < -0.39 is 24.8 Å². The van der Waals surface area contributed by atoms with Crippen LogP contribution in [0, 0.1) is 0 Å². The van der Waals surface area contributed by atoms with Crippen LogP contribution in [0.5, 0.6) is 0 Å². The predicted octanol–water partition coefficient (Wildman–Crippen LogP) is -0.988. The summed E-state index contributed by atoms with van der Waals surface area (Å²) in [5.74, 6) is -0.523. The number of carbonyl (C=O) groups is 2. The van der Waals surface area contributed by atoms with Gasteiger partial charge in [-0.2, -0.15) is 12.6 Å². The topological polar surface area (TPSA) is 102 Å². The number of ether oxygens (including phenoxy) is 1. The smallest absolute Gasteiger partial charge is 0.407 e. The second kappa shape index (κ2) is 5.67. The Morgan fingerprint density at radius 3 is 2.67 bits per heavy atom. The molecule has 0 spiro atoms. The number of rotatable bonds is 4. The number of carbonyl (C=O) groups excluding carboxylic acids is 1. The third-order valence-electron chi connectivity index (χ3n) is 0.937. The third kappa shape index (κ3) is 4.80. The van der Waals surface area contributed by atoms with E-state index in [-0.39, 0.29) is 5.75 Å². The number of nitrogens with two attached hydrogens (primary N) is 1. The molecule has 6 nitrogen and oxygen atoms in total. The van der Waals surface area contributed by atoms with Gasteiger partial charge in [0.25, 0.3) is 0 Å². The Morgan fingerprint density at radius 2 is 2.25 bits per heavy atom. The minimum Gasteiger partial charge on any atom is -0.465 e. The highest BCUT2D eigenvalue weighted by molar-refractivity contribution is 7.80. The minimum absolute atomic E-state index is 0.159. The molecule has 0 aliphatic rings. The Balaban J connectivity index is 3.50. The second-order valence-corrected chi connectivity index (χ2v) is 2.24. The lowest BCUT2D eigenvalue weighted by Crippen LogP contribution is -2.36. The van der Waals surface area contributed by atoms with Crippen molar-refractivity contribution >= 4 is 24.7 Å². The van der Waals surface area contributed by atoms with E-state index in [1.165, 1.54) is 0 Å². The van der Waals surface area contributed by atoms with Gasteiger partial charge in [0.2, 0.25) is 0 Å². The van der Waals surface area contributed by atoms with Gasteiger partial charge in [0.05, 0.1) is 0 Å². The molecule has 0 aliphatic carbocycles. The Kier molecular flexibility index (Phi) is 5.22. The summed E-state index contributed by atoms with van der Waals surface area (Å²) in [6.45, 7) is -0.393. The largest absolute Gasteiger partial charge is 0.465 e. The molecule has 0 radical (unpaired) electrons. The average molecular weight is 194 g/mol. The van der Waals surface area contributed by atoms with Crippen molar-refractivity contribution in [2.75, 3.05) is 12.5 Å². The number of hydrogen-bond donors (Lipinski definition) is 4. The summed E-state index contributed by atoms with van der Waals surface area (Å²) in [6.07, 6.45) is -1.26. The normalized spacial score (nSPS) is 11.8. The molecular weight excluding hydrogens is 184 g/mol. The molecule has 0 bridgehead atoms. The van der Waals surface area contributed by atoms with Crippen molar-refractivity contribution in [3.63, 3.8) is 0 Å². The van der Waals surface area contributed by atoms with E-state index >= 15 is 0 Å². The molecule has 4 N–H and O–H groups in total. The maximum absolute atomic E-state index is 10.7. The van der Waals surface area contributed by atoms with Crippen LogP contribution in [0.1, 0.15) is 0 Å². The number of carboxylic acid groups (broad SMARTS) is 1. The van der Waals surface area contributed by atoms with Crippen molar-refractivity contribution in [3.05, 3.63) is 0 Å². The number of hydrogen-bond acceptors (Lipinski definition) is 5. The quantitative estimate of drug-likeness (QED) is 0.261. The maximum Gasteiger partial charge on any atom is 0.407 e. The molecule has 0 aromatic rings. The molecule has 0 heterocycles. The van der Waals surface area contributed by atoms with Crippen molar-refractivity contribution < 1.29 is 19.4 Å². The fourth-order valence-corrected chi connectivity index (χ4v) is 0.500. The first-order chi connectivity index (χ1) is 5.57. The van der Waals surface area contributed by atoms with Gasteiger partial charge in [-0.1, -0.05) is 0 Å². The molecule has 1 atom stereocenters. The molecule has 0 fully saturated rings. The van der Waals surface area contributed by atoms with E-state index in [0.717, 1.165) is 0 Å². The van der Waals surface area contributed by atoms with Gasteiger partial charge < -0.3 is 15.6 Å². The van der Waals surface area contributed by atoms with Crippen molar-refractivity contribution in [1.82, 2.24) is 5.32 Å². The summed E-state index contributed by atoms with van der Waals surface area (Å²) in [4.78, 5) is 20.6. The molecule has 0 aliphatic heterocycles. The fraction of sp³-hybridized carbons (Fsp3) is 0.600. The highest BCUT2D eigenvalue weighted by Gasteiger charge is 2.12. The maximum atomic E-state index is 10.7. The van der Waals surface area contributed by atoms with Gasteiger partial charge in [-0.05, 0) is 0 Å². The molecule has 0 saturated heterocycles. The van der Waals surface area contributed by atoms with Gasteiger partial charge in [0, 0.05) is 5.75 Å². The van der Waals surface area contributed by atoms with Crippen LogP contribution in [0.4, 0.5) is 4.79 Å². The Labute approximate surface area is 74.5 Å². The summed E-state index contributed by atoms with van der Waals surface area (Å²) < 4.78 is 4.40. The van der Waals surface area contributed by atoms with Gasteiger partial charge in [-0.3, -0.25) is 10.1 Å². The molecule has 0 aromatic carbocycles. The van der Waals surface area contributed by atoms with Gasteiger partial charge in [0.15, 0.2) is 6.73 Å². The van der Waals surface area contributed by atoms with Crippen LogP contribution in [0.3, 0.4) is 0 Å². The zero-order chi connectivity index (χ0) is 9.56. The standard InChI is InChI=1S/C5H10N2O4S/c6-3(1-12)4(8)11-2-7-5(9)10/h3,7,12H,1-2,6H2,(H,9,10)/t3-/m0/s1. The summed E-state index contributed by atoms with van der Waals surface area (Å²) in [5, 5.41) is 9.92. The molecule has 0 saturated carbocycles. The lowest BCUT2D eigenvalue weighted by atomic mass is 10.4. The highest BCUT2D eigenvalue weighted by atomic mass is 32.1. The van der Waals surface area contributed by atoms with Crippen LogP contribution in [0.25, 0.3) is 0 Å². The Hall–Kier alpha value is -0.950. The fourth-order valence-electron chi connectivity index (χ4n) is 0.351.